The summed E-state index contributed by atoms with van der Waals surface area (Å²) in [6.07, 6.45) is 7.55. The van der Waals surface area contributed by atoms with Gasteiger partial charge in [0.25, 0.3) is 0 Å². The molecule has 3 aromatic rings. The summed E-state index contributed by atoms with van der Waals surface area (Å²) in [6.45, 7) is 10.1. The van der Waals surface area contributed by atoms with E-state index in [2.05, 4.69) is 67.3 Å². The van der Waals surface area contributed by atoms with Crippen molar-refractivity contribution in [3.8, 4) is 22.5 Å². The Morgan fingerprint density at radius 1 is 0.853 bits per heavy atom. The largest absolute Gasteiger partial charge is 0.390 e. The van der Waals surface area contributed by atoms with Gasteiger partial charge in [-0.1, -0.05) is 72.9 Å². The molecule has 180 valence electrons. The number of nitrogens with zero attached hydrogens (tertiary/aromatic N) is 3. The molecule has 0 saturated heterocycles. The molecule has 0 fully saturated rings. The predicted molar refractivity (Wildman–Crippen MR) is 142 cm³/mol. The van der Waals surface area contributed by atoms with E-state index in [0.29, 0.717) is 0 Å². The number of anilines is 1. The van der Waals surface area contributed by atoms with Gasteiger partial charge in [-0.05, 0) is 59.4 Å². The Morgan fingerprint density at radius 3 is 2.32 bits per heavy atom. The average molecular weight is 458 g/mol. The van der Waals surface area contributed by atoms with Crippen LogP contribution >= 0.6 is 0 Å². The van der Waals surface area contributed by atoms with Crippen LogP contribution in [0.2, 0.25) is 0 Å². The molecule has 1 aliphatic rings. The van der Waals surface area contributed by atoms with Crippen molar-refractivity contribution in [2.45, 2.75) is 78.2 Å². The number of aryl methyl sites for hydroxylation is 3. The van der Waals surface area contributed by atoms with E-state index in [4.69, 9.17) is 9.97 Å². The van der Waals surface area contributed by atoms with Gasteiger partial charge >= 0.3 is 0 Å². The van der Waals surface area contributed by atoms with E-state index in [1.807, 2.05) is 13.8 Å². The van der Waals surface area contributed by atoms with E-state index in [0.717, 1.165) is 85.6 Å². The van der Waals surface area contributed by atoms with Crippen molar-refractivity contribution >= 4 is 5.82 Å². The van der Waals surface area contributed by atoms with Gasteiger partial charge in [-0.3, -0.25) is 0 Å². The number of aromatic nitrogens is 2. The first-order valence-electron chi connectivity index (χ1n) is 12.8. The molecule has 2 aromatic carbocycles. The molecule has 1 aliphatic heterocycles. The van der Waals surface area contributed by atoms with Crippen LogP contribution in [-0.4, -0.2) is 33.8 Å². The normalized spacial score (nSPS) is 13.7. The summed E-state index contributed by atoms with van der Waals surface area (Å²) in [4.78, 5) is 12.9. The van der Waals surface area contributed by atoms with E-state index in [1.54, 1.807) is 0 Å². The number of hydrogen-bond donors (Lipinski definition) is 1. The summed E-state index contributed by atoms with van der Waals surface area (Å²) in [5, 5.41) is 9.92. The lowest BCUT2D eigenvalue weighted by molar-refractivity contribution is 0.0680. The summed E-state index contributed by atoms with van der Waals surface area (Å²) >= 11 is 0. The summed E-state index contributed by atoms with van der Waals surface area (Å²) in [5.41, 5.74) is 7.27. The van der Waals surface area contributed by atoms with Crippen molar-refractivity contribution in [2.75, 3.05) is 18.0 Å². The third kappa shape index (κ3) is 6.24. The standard InChI is InChI=1S/C30H39N3O/c1-22-14-16-24(17-15-22)27-28(25-12-9-11-23(2)21-25)32-29-26(31-27)13-10-20-33(29)19-8-6-5-7-18-30(3,4)34/h9,11-12,14-17,21,34H,5-8,10,13,18-20H2,1-4H3. The van der Waals surface area contributed by atoms with E-state index in [9.17, 15) is 5.11 Å². The highest BCUT2D eigenvalue weighted by molar-refractivity contribution is 5.80. The maximum atomic E-state index is 9.92. The topological polar surface area (TPSA) is 49.2 Å². The fourth-order valence-corrected chi connectivity index (χ4v) is 4.76. The Hall–Kier alpha value is -2.72. The summed E-state index contributed by atoms with van der Waals surface area (Å²) in [7, 11) is 0. The summed E-state index contributed by atoms with van der Waals surface area (Å²) in [5.74, 6) is 1.06. The molecule has 2 heterocycles. The van der Waals surface area contributed by atoms with Gasteiger partial charge in [0, 0.05) is 24.2 Å². The second-order valence-corrected chi connectivity index (χ2v) is 10.5. The van der Waals surface area contributed by atoms with Crippen LogP contribution in [0.4, 0.5) is 5.82 Å². The molecule has 1 aromatic heterocycles. The quantitative estimate of drug-likeness (QED) is 0.355. The van der Waals surface area contributed by atoms with Crippen molar-refractivity contribution in [3.63, 3.8) is 0 Å². The maximum absolute atomic E-state index is 9.92. The first-order chi connectivity index (χ1) is 16.3. The first-order valence-corrected chi connectivity index (χ1v) is 12.8. The number of benzene rings is 2. The van der Waals surface area contributed by atoms with Crippen LogP contribution in [0.5, 0.6) is 0 Å². The Balaban J connectivity index is 1.59. The predicted octanol–water partition coefficient (Wildman–Crippen LogP) is 6.90. The van der Waals surface area contributed by atoms with Crippen molar-refractivity contribution in [2.24, 2.45) is 0 Å². The average Bonchev–Trinajstić information content (AvgIpc) is 2.80. The van der Waals surface area contributed by atoms with Gasteiger partial charge in [-0.25, -0.2) is 9.97 Å². The smallest absolute Gasteiger partial charge is 0.151 e. The minimum Gasteiger partial charge on any atom is -0.390 e. The van der Waals surface area contributed by atoms with Crippen LogP contribution in [0.3, 0.4) is 0 Å². The van der Waals surface area contributed by atoms with Crippen LogP contribution < -0.4 is 4.90 Å². The van der Waals surface area contributed by atoms with Gasteiger partial charge in [0.15, 0.2) is 5.82 Å². The highest BCUT2D eigenvalue weighted by atomic mass is 16.3. The third-order valence-electron chi connectivity index (χ3n) is 6.67. The molecule has 0 aliphatic carbocycles. The fourth-order valence-electron chi connectivity index (χ4n) is 4.76. The maximum Gasteiger partial charge on any atom is 0.151 e. The van der Waals surface area contributed by atoms with E-state index in [1.165, 1.54) is 17.5 Å². The summed E-state index contributed by atoms with van der Waals surface area (Å²) in [6, 6.07) is 17.2. The first kappa shape index (κ1) is 24.4. The van der Waals surface area contributed by atoms with Crippen LogP contribution in [0.25, 0.3) is 22.5 Å². The number of aliphatic hydroxyl groups is 1. The van der Waals surface area contributed by atoms with Crippen LogP contribution in [0.1, 0.15) is 69.2 Å². The van der Waals surface area contributed by atoms with E-state index in [-0.39, 0.29) is 0 Å². The molecule has 0 amide bonds. The minimum absolute atomic E-state index is 0.553. The second kappa shape index (κ2) is 10.7. The van der Waals surface area contributed by atoms with Crippen LogP contribution in [0, 0.1) is 13.8 Å². The number of rotatable bonds is 9. The molecule has 34 heavy (non-hydrogen) atoms. The molecule has 0 saturated carbocycles. The molecule has 0 atom stereocenters. The fraction of sp³-hybridized carbons (Fsp3) is 0.467. The number of fused-ring (bicyclic) bond motifs is 1. The Morgan fingerprint density at radius 2 is 1.59 bits per heavy atom. The zero-order valence-corrected chi connectivity index (χ0v) is 21.3. The highest BCUT2D eigenvalue weighted by Crippen LogP contribution is 2.35. The second-order valence-electron chi connectivity index (χ2n) is 10.5. The molecular formula is C30H39N3O. The van der Waals surface area contributed by atoms with Gasteiger partial charge in [0.2, 0.25) is 0 Å². The Kier molecular flexibility index (Phi) is 7.67. The van der Waals surface area contributed by atoms with Crippen LogP contribution in [0.15, 0.2) is 48.5 Å². The molecule has 4 rings (SSSR count). The van der Waals surface area contributed by atoms with Gasteiger partial charge in [0.05, 0.1) is 22.7 Å². The number of unbranched alkanes of at least 4 members (excludes halogenated alkanes) is 3. The Labute approximate surface area is 205 Å². The molecule has 0 unspecified atom stereocenters. The lowest BCUT2D eigenvalue weighted by Gasteiger charge is -2.30. The van der Waals surface area contributed by atoms with Gasteiger partial charge in [-0.2, -0.15) is 0 Å². The molecule has 4 heteroatoms. The SMILES string of the molecule is Cc1ccc(-c2nc3c(nc2-c2cccc(C)c2)N(CCCCCCC(C)(C)O)CCC3)cc1. The van der Waals surface area contributed by atoms with E-state index < -0.39 is 5.60 Å². The van der Waals surface area contributed by atoms with Crippen LogP contribution in [-0.2, 0) is 6.42 Å². The lowest BCUT2D eigenvalue weighted by atomic mass is 9.99. The number of hydrogen-bond acceptors (Lipinski definition) is 4. The zero-order valence-electron chi connectivity index (χ0n) is 21.3. The molecule has 0 spiro atoms. The molecule has 1 N–H and O–H groups in total. The van der Waals surface area contributed by atoms with Crippen molar-refractivity contribution in [3.05, 3.63) is 65.4 Å². The molecule has 0 bridgehead atoms. The van der Waals surface area contributed by atoms with Gasteiger partial charge in [-0.15, -0.1) is 0 Å². The minimum atomic E-state index is -0.553. The Bertz CT molecular complexity index is 1100. The lowest BCUT2D eigenvalue weighted by Crippen LogP contribution is -2.32. The molecular weight excluding hydrogens is 418 g/mol. The zero-order chi connectivity index (χ0) is 24.1. The highest BCUT2D eigenvalue weighted by Gasteiger charge is 2.23. The van der Waals surface area contributed by atoms with Gasteiger partial charge in [0.1, 0.15) is 0 Å². The van der Waals surface area contributed by atoms with Gasteiger partial charge < -0.3 is 10.0 Å². The molecule has 4 nitrogen and oxygen atoms in total. The third-order valence-corrected chi connectivity index (χ3v) is 6.67. The molecule has 0 radical (unpaired) electrons. The van der Waals surface area contributed by atoms with Crippen molar-refractivity contribution < 1.29 is 5.11 Å². The monoisotopic (exact) mass is 457 g/mol. The summed E-state index contributed by atoms with van der Waals surface area (Å²) < 4.78 is 0. The van der Waals surface area contributed by atoms with Crippen molar-refractivity contribution in [1.29, 1.82) is 0 Å². The van der Waals surface area contributed by atoms with E-state index >= 15 is 0 Å². The van der Waals surface area contributed by atoms with Crippen molar-refractivity contribution in [1.82, 2.24) is 9.97 Å².